The molecule has 1 amide bonds. The molecule has 8 heteroatoms. The van der Waals surface area contributed by atoms with E-state index in [1.807, 2.05) is 18.2 Å². The van der Waals surface area contributed by atoms with E-state index in [4.69, 9.17) is 14.2 Å². The SMILES string of the molecule is COc1c(F)cccc1Nc1c(-c2ccc3c(c2)OCO3)[nH]c2c1C(=O)NCC2. The van der Waals surface area contributed by atoms with Gasteiger partial charge in [0.25, 0.3) is 5.91 Å². The minimum atomic E-state index is -0.490. The Labute approximate surface area is 165 Å². The molecule has 2 aromatic carbocycles. The van der Waals surface area contributed by atoms with E-state index in [0.29, 0.717) is 47.1 Å². The van der Waals surface area contributed by atoms with Crippen molar-refractivity contribution in [3.63, 3.8) is 0 Å². The molecule has 29 heavy (non-hydrogen) atoms. The number of amides is 1. The Morgan fingerprint density at radius 1 is 1.17 bits per heavy atom. The van der Waals surface area contributed by atoms with Crippen LogP contribution in [0, 0.1) is 5.82 Å². The molecule has 0 saturated heterocycles. The monoisotopic (exact) mass is 395 g/mol. The van der Waals surface area contributed by atoms with Crippen molar-refractivity contribution in [3.8, 4) is 28.5 Å². The lowest BCUT2D eigenvalue weighted by Crippen LogP contribution is -2.31. The van der Waals surface area contributed by atoms with E-state index in [9.17, 15) is 9.18 Å². The molecule has 5 rings (SSSR count). The first-order chi connectivity index (χ1) is 14.2. The zero-order valence-electron chi connectivity index (χ0n) is 15.6. The van der Waals surface area contributed by atoms with Crippen LogP contribution in [0.1, 0.15) is 16.1 Å². The third-order valence-electron chi connectivity index (χ3n) is 5.06. The second kappa shape index (κ2) is 6.73. The van der Waals surface area contributed by atoms with Crippen molar-refractivity contribution in [3.05, 3.63) is 53.5 Å². The molecule has 3 aromatic rings. The van der Waals surface area contributed by atoms with Crippen LogP contribution >= 0.6 is 0 Å². The van der Waals surface area contributed by atoms with Gasteiger partial charge in [0.15, 0.2) is 23.1 Å². The number of hydrogen-bond donors (Lipinski definition) is 3. The van der Waals surface area contributed by atoms with Crippen LogP contribution in [0.3, 0.4) is 0 Å². The van der Waals surface area contributed by atoms with Gasteiger partial charge in [0.05, 0.1) is 29.7 Å². The minimum Gasteiger partial charge on any atom is -0.492 e. The third kappa shape index (κ3) is 2.84. The van der Waals surface area contributed by atoms with Gasteiger partial charge in [-0.15, -0.1) is 0 Å². The highest BCUT2D eigenvalue weighted by Gasteiger charge is 2.28. The lowest BCUT2D eigenvalue weighted by Gasteiger charge is -2.16. The summed E-state index contributed by atoms with van der Waals surface area (Å²) in [6.45, 7) is 0.726. The summed E-state index contributed by atoms with van der Waals surface area (Å²) >= 11 is 0. The number of ether oxygens (including phenoxy) is 3. The number of halogens is 1. The number of H-pyrrole nitrogens is 1. The molecule has 0 bridgehead atoms. The van der Waals surface area contributed by atoms with E-state index in [2.05, 4.69) is 15.6 Å². The number of nitrogens with one attached hydrogen (secondary N) is 3. The summed E-state index contributed by atoms with van der Waals surface area (Å²) in [7, 11) is 1.40. The molecule has 2 aliphatic rings. The van der Waals surface area contributed by atoms with Gasteiger partial charge in [-0.25, -0.2) is 4.39 Å². The van der Waals surface area contributed by atoms with E-state index in [-0.39, 0.29) is 18.4 Å². The number of rotatable bonds is 4. The summed E-state index contributed by atoms with van der Waals surface area (Å²) in [5.41, 5.74) is 3.83. The number of carbonyl (C=O) groups excluding carboxylic acids is 1. The summed E-state index contributed by atoms with van der Waals surface area (Å²) in [5.74, 6) is 0.705. The number of benzene rings is 2. The van der Waals surface area contributed by atoms with Crippen LogP contribution in [0.2, 0.25) is 0 Å². The van der Waals surface area contributed by atoms with E-state index in [0.717, 1.165) is 11.3 Å². The Kier molecular flexibility index (Phi) is 4.04. The highest BCUT2D eigenvalue weighted by molar-refractivity contribution is 6.06. The molecular weight excluding hydrogens is 377 g/mol. The predicted octanol–water partition coefficient (Wildman–Crippen LogP) is 3.59. The second-order valence-electron chi connectivity index (χ2n) is 6.75. The Hall–Kier alpha value is -3.68. The van der Waals surface area contributed by atoms with Crippen LogP contribution in [-0.4, -0.2) is 31.3 Å². The van der Waals surface area contributed by atoms with Gasteiger partial charge in [-0.2, -0.15) is 0 Å². The fourth-order valence-electron chi connectivity index (χ4n) is 3.72. The largest absolute Gasteiger partial charge is 0.492 e. The summed E-state index contributed by atoms with van der Waals surface area (Å²) in [6.07, 6.45) is 0.667. The molecule has 0 saturated carbocycles. The number of hydrogen-bond acceptors (Lipinski definition) is 5. The molecule has 0 aliphatic carbocycles. The molecule has 2 aliphatic heterocycles. The molecule has 3 N–H and O–H groups in total. The van der Waals surface area contributed by atoms with E-state index >= 15 is 0 Å². The minimum absolute atomic E-state index is 0.0790. The summed E-state index contributed by atoms with van der Waals surface area (Å²) < 4.78 is 30.3. The maximum atomic E-state index is 14.2. The van der Waals surface area contributed by atoms with E-state index in [1.54, 1.807) is 12.1 Å². The molecule has 3 heterocycles. The zero-order valence-corrected chi connectivity index (χ0v) is 15.6. The molecule has 0 radical (unpaired) electrons. The first-order valence-corrected chi connectivity index (χ1v) is 9.18. The first-order valence-electron chi connectivity index (χ1n) is 9.18. The van der Waals surface area contributed by atoms with Crippen molar-refractivity contribution in [1.29, 1.82) is 0 Å². The number of methoxy groups -OCH3 is 1. The second-order valence-corrected chi connectivity index (χ2v) is 6.75. The predicted molar refractivity (Wildman–Crippen MR) is 105 cm³/mol. The number of carbonyl (C=O) groups is 1. The number of anilines is 2. The molecule has 0 fully saturated rings. The topological polar surface area (TPSA) is 84.6 Å². The van der Waals surface area contributed by atoms with Crippen molar-refractivity contribution >= 4 is 17.3 Å². The first kappa shape index (κ1) is 17.4. The average Bonchev–Trinajstić information content (AvgIpc) is 3.33. The van der Waals surface area contributed by atoms with E-state index < -0.39 is 5.82 Å². The number of aromatic nitrogens is 1. The maximum absolute atomic E-state index is 14.2. The lowest BCUT2D eigenvalue weighted by molar-refractivity contribution is 0.0947. The highest BCUT2D eigenvalue weighted by Crippen LogP contribution is 2.42. The van der Waals surface area contributed by atoms with Gasteiger partial charge in [-0.3, -0.25) is 4.79 Å². The number of aromatic amines is 1. The van der Waals surface area contributed by atoms with Crippen LogP contribution < -0.4 is 24.8 Å². The third-order valence-corrected chi connectivity index (χ3v) is 5.06. The summed E-state index contributed by atoms with van der Waals surface area (Å²) in [5, 5.41) is 6.07. The summed E-state index contributed by atoms with van der Waals surface area (Å²) in [4.78, 5) is 16.0. The Balaban J connectivity index is 1.67. The molecule has 0 atom stereocenters. The van der Waals surface area contributed by atoms with Crippen molar-refractivity contribution in [1.82, 2.24) is 10.3 Å². The fraction of sp³-hybridized carbons (Fsp3) is 0.190. The Morgan fingerprint density at radius 3 is 2.90 bits per heavy atom. The molecule has 7 nitrogen and oxygen atoms in total. The van der Waals surface area contributed by atoms with E-state index in [1.165, 1.54) is 13.2 Å². The average molecular weight is 395 g/mol. The van der Waals surface area contributed by atoms with Crippen LogP contribution in [-0.2, 0) is 6.42 Å². The fourth-order valence-corrected chi connectivity index (χ4v) is 3.72. The van der Waals surface area contributed by atoms with Gasteiger partial charge in [0, 0.05) is 24.2 Å². The lowest BCUT2D eigenvalue weighted by atomic mass is 10.0. The molecule has 0 spiro atoms. The van der Waals surface area contributed by atoms with Crippen molar-refractivity contribution < 1.29 is 23.4 Å². The van der Waals surface area contributed by atoms with Crippen LogP contribution in [0.4, 0.5) is 15.8 Å². The van der Waals surface area contributed by atoms with Gasteiger partial charge < -0.3 is 29.8 Å². The Bertz CT molecular complexity index is 1130. The van der Waals surface area contributed by atoms with Gasteiger partial charge in [-0.05, 0) is 30.3 Å². The standard InChI is InChI=1S/C21H18FN3O4/c1-27-20-12(22)3-2-4-14(20)25-19-17-13(7-8-23-21(17)26)24-18(19)11-5-6-15-16(9-11)29-10-28-15/h2-6,9,24-25H,7-8,10H2,1H3,(H,23,26). The van der Waals surface area contributed by atoms with Gasteiger partial charge in [0.2, 0.25) is 6.79 Å². The van der Waals surface area contributed by atoms with Crippen LogP contribution in [0.5, 0.6) is 17.2 Å². The molecule has 0 unspecified atom stereocenters. The number of fused-ring (bicyclic) bond motifs is 2. The Morgan fingerprint density at radius 2 is 2.03 bits per heavy atom. The maximum Gasteiger partial charge on any atom is 0.255 e. The van der Waals surface area contributed by atoms with Gasteiger partial charge >= 0.3 is 0 Å². The van der Waals surface area contributed by atoms with Crippen molar-refractivity contribution in [2.24, 2.45) is 0 Å². The van der Waals surface area contributed by atoms with Crippen molar-refractivity contribution in [2.75, 3.05) is 25.8 Å². The van der Waals surface area contributed by atoms with Crippen molar-refractivity contribution in [2.45, 2.75) is 6.42 Å². The highest BCUT2D eigenvalue weighted by atomic mass is 19.1. The van der Waals surface area contributed by atoms with Crippen LogP contribution in [0.25, 0.3) is 11.3 Å². The number of para-hydroxylation sites is 1. The van der Waals surface area contributed by atoms with Gasteiger partial charge in [0.1, 0.15) is 0 Å². The molecule has 148 valence electrons. The summed E-state index contributed by atoms with van der Waals surface area (Å²) in [6, 6.07) is 10.2. The normalized spacial score (nSPS) is 14.3. The smallest absolute Gasteiger partial charge is 0.255 e. The quantitative estimate of drug-likeness (QED) is 0.629. The van der Waals surface area contributed by atoms with Gasteiger partial charge in [-0.1, -0.05) is 6.07 Å². The zero-order chi connectivity index (χ0) is 20.0. The molecule has 1 aromatic heterocycles. The molecular formula is C21H18FN3O4. The van der Waals surface area contributed by atoms with Crippen LogP contribution in [0.15, 0.2) is 36.4 Å².